The molecule has 6 heterocycles. The number of likely N-dealkylation sites (tertiary alicyclic amines) is 4. The topological polar surface area (TPSA) is 237 Å². The highest BCUT2D eigenvalue weighted by molar-refractivity contribution is 7.17. The molecule has 722 valence electrons. The quantitative estimate of drug-likeness (QED) is 0.0187. The molecule has 8 N–H and O–H groups in total. The van der Waals surface area contributed by atoms with Gasteiger partial charge >= 0.3 is 24.1 Å². The molecule has 8 amide bonds. The average molecular weight is 1850 g/mol. The van der Waals surface area contributed by atoms with Gasteiger partial charge in [-0.25, -0.2) is 51.1 Å². The van der Waals surface area contributed by atoms with Gasteiger partial charge in [0, 0.05) is 123 Å². The molecule has 0 unspecified atom stereocenters. The lowest BCUT2D eigenvalue weighted by atomic mass is 9.83. The van der Waals surface area contributed by atoms with E-state index >= 15 is 0 Å². The van der Waals surface area contributed by atoms with Crippen LogP contribution in [0.15, 0.2) is 151 Å². The van der Waals surface area contributed by atoms with E-state index in [0.29, 0.717) is 90.7 Å². The molecule has 4 aliphatic heterocycles. The minimum absolute atomic E-state index is 0. The van der Waals surface area contributed by atoms with Crippen LogP contribution in [0.2, 0.25) is 0 Å². The van der Waals surface area contributed by atoms with E-state index in [1.807, 2.05) is 53.9 Å². The smallest absolute Gasteiger partial charge is 0.321 e. The number of amides is 8. The van der Waals surface area contributed by atoms with E-state index in [2.05, 4.69) is 72.1 Å². The number of aryl methyl sites for hydroxylation is 2. The number of rotatable bonds is 26. The van der Waals surface area contributed by atoms with E-state index in [9.17, 15) is 50.7 Å². The maximum Gasteiger partial charge on any atom is 0.321 e. The second-order valence-electron chi connectivity index (χ2n) is 38.3. The van der Waals surface area contributed by atoms with Crippen molar-refractivity contribution in [2.45, 2.75) is 232 Å². The van der Waals surface area contributed by atoms with Gasteiger partial charge in [-0.15, -0.1) is 11.3 Å². The van der Waals surface area contributed by atoms with Crippen LogP contribution in [0.5, 0.6) is 0 Å². The SMILES string of the molecule is CC(=O)c1cccc(NC(=O)N[C@@H]2CCCC[C@H]2CN2CCC[C@H](Cc3ccc(F)cc3)C2)c1.CC(=O)c1sc(NC(=O)N[C@@H]2CCCC[C@H]2CN2CCC[C@@H](Cc3ccc(F)cc3)C2)nc1C.Cc1ccc(NC(=O)N[C@@H]2CCCC[C@H]2CN2CCC[C@@H](Cc3ccc(F)cc3)C2)cc1F.O=C(Nc1nccs1)N[C@@H]1CCCC[C@H]1CN1CCC[C@@H](Cc2ccc(F)cc2)C1.[HH].[HH].[HH].[HH].[HH].[HH].[HH].[HH]. The molecule has 20 nitrogen and oxygen atoms in total. The number of nitrogens with zero attached hydrogens (tertiary/aromatic N) is 6. The molecular weight excluding hydrogens is 1700 g/mol. The van der Waals surface area contributed by atoms with Crippen molar-refractivity contribution in [1.82, 2.24) is 50.8 Å². The predicted octanol–water partition coefficient (Wildman–Crippen LogP) is 23.9. The Bertz CT molecular complexity index is 4960. The summed E-state index contributed by atoms with van der Waals surface area (Å²) in [5, 5.41) is 27.1. The van der Waals surface area contributed by atoms with Crippen molar-refractivity contribution in [1.29, 1.82) is 0 Å². The largest absolute Gasteiger partial charge is 0.335 e. The number of thiazole rings is 2. The van der Waals surface area contributed by atoms with Gasteiger partial charge in [0.15, 0.2) is 21.8 Å². The molecule has 27 heteroatoms. The number of ketones is 2. The fourth-order valence-electron chi connectivity index (χ4n) is 21.4. The minimum atomic E-state index is -0.316. The molecule has 4 aliphatic carbocycles. The van der Waals surface area contributed by atoms with Crippen LogP contribution in [0.3, 0.4) is 0 Å². The average Bonchev–Trinajstić information content (AvgIpc) is 1.35. The molecule has 8 aliphatic rings. The van der Waals surface area contributed by atoms with E-state index in [1.165, 1.54) is 155 Å². The molecule has 131 heavy (non-hydrogen) atoms. The highest BCUT2D eigenvalue weighted by Gasteiger charge is 2.36. The highest BCUT2D eigenvalue weighted by atomic mass is 32.1. The molecule has 6 aromatic carbocycles. The van der Waals surface area contributed by atoms with E-state index in [-0.39, 0.29) is 100 Å². The van der Waals surface area contributed by atoms with Gasteiger partial charge in [0.1, 0.15) is 29.1 Å². The number of carbonyl (C=O) groups excluding carboxylic acids is 6. The maximum atomic E-state index is 13.8. The Hall–Kier alpha value is -9.51. The minimum Gasteiger partial charge on any atom is -0.335 e. The lowest BCUT2D eigenvalue weighted by molar-refractivity contribution is 0.101. The number of Topliss-reactive ketones (excluding diaryl/α,β-unsaturated/α-hetero) is 2. The normalized spacial score (nSPS) is 23.9. The summed E-state index contributed by atoms with van der Waals surface area (Å²) >= 11 is 2.66. The van der Waals surface area contributed by atoms with Gasteiger partial charge in [0.2, 0.25) is 0 Å². The van der Waals surface area contributed by atoms with Crippen molar-refractivity contribution >= 4 is 80.0 Å². The number of piperidine rings is 4. The molecule has 4 saturated carbocycles. The van der Waals surface area contributed by atoms with Crippen LogP contribution < -0.4 is 42.5 Å². The monoisotopic (exact) mass is 1850 g/mol. The molecule has 8 aromatic rings. The summed E-state index contributed by atoms with van der Waals surface area (Å²) in [5.74, 6) is 3.07. The summed E-state index contributed by atoms with van der Waals surface area (Å²) < 4.78 is 66.6. The Kier molecular flexibility index (Phi) is 38.2. The predicted molar refractivity (Wildman–Crippen MR) is 532 cm³/mol. The first-order chi connectivity index (χ1) is 63.4. The number of carbonyl (C=O) groups is 6. The number of hydrogen-bond acceptors (Lipinski definition) is 14. The van der Waals surface area contributed by atoms with Gasteiger partial charge in [-0.2, -0.15) is 0 Å². The highest BCUT2D eigenvalue weighted by Crippen LogP contribution is 2.36. The van der Waals surface area contributed by atoms with Crippen LogP contribution in [0, 0.1) is 90.3 Å². The Morgan fingerprint density at radius 1 is 0.382 bits per heavy atom. The Labute approximate surface area is 791 Å². The first kappa shape index (κ1) is 99.0. The summed E-state index contributed by atoms with van der Waals surface area (Å²) in [6.07, 6.45) is 33.2. The molecule has 0 radical (unpaired) electrons. The molecule has 16 rings (SSSR count). The Balaban J connectivity index is 0.000000321. The summed E-state index contributed by atoms with van der Waals surface area (Å²) in [6, 6.07) is 39.3. The van der Waals surface area contributed by atoms with Gasteiger partial charge in [0.05, 0.1) is 10.6 Å². The molecule has 8 fully saturated rings. The van der Waals surface area contributed by atoms with E-state index < -0.39 is 0 Å². The van der Waals surface area contributed by atoms with Crippen molar-refractivity contribution < 1.29 is 62.1 Å². The zero-order valence-electron chi connectivity index (χ0n) is 77.0. The van der Waals surface area contributed by atoms with Gasteiger partial charge in [-0.05, 0) is 323 Å². The first-order valence-corrected chi connectivity index (χ1v) is 50.1. The van der Waals surface area contributed by atoms with Gasteiger partial charge in [-0.3, -0.25) is 20.2 Å². The molecule has 4 saturated heterocycles. The van der Waals surface area contributed by atoms with Gasteiger partial charge in [-0.1, -0.05) is 129 Å². The van der Waals surface area contributed by atoms with Crippen LogP contribution >= 0.6 is 22.7 Å². The van der Waals surface area contributed by atoms with Gasteiger partial charge in [0.25, 0.3) is 0 Å². The third-order valence-corrected chi connectivity index (χ3v) is 29.8. The lowest BCUT2D eigenvalue weighted by Gasteiger charge is -2.39. The molecular formula is C104H153F5N14O6S2. The van der Waals surface area contributed by atoms with Crippen LogP contribution in [-0.4, -0.2) is 168 Å². The van der Waals surface area contributed by atoms with Crippen molar-refractivity contribution in [3.8, 4) is 0 Å². The second kappa shape index (κ2) is 50.5. The third kappa shape index (κ3) is 32.4. The first-order valence-electron chi connectivity index (χ1n) is 48.4. The number of benzene rings is 6. The summed E-state index contributed by atoms with van der Waals surface area (Å²) in [5.41, 5.74) is 7.75. The third-order valence-electron chi connectivity index (χ3n) is 28.0. The fourth-order valence-corrected chi connectivity index (χ4v) is 22.7. The molecule has 2 aromatic heterocycles. The molecule has 0 spiro atoms. The van der Waals surface area contributed by atoms with Crippen LogP contribution in [0.1, 0.15) is 233 Å². The summed E-state index contributed by atoms with van der Waals surface area (Å²) in [6.45, 7) is 19.3. The van der Waals surface area contributed by atoms with E-state index in [0.717, 1.165) is 168 Å². The van der Waals surface area contributed by atoms with Crippen molar-refractivity contribution in [2.24, 2.45) is 47.3 Å². The fraction of sp³-hybridized carbons (Fsp3) is 0.538. The summed E-state index contributed by atoms with van der Waals surface area (Å²) in [4.78, 5) is 93.0. The summed E-state index contributed by atoms with van der Waals surface area (Å²) in [7, 11) is 0. The Morgan fingerprint density at radius 2 is 0.718 bits per heavy atom. The number of aromatic nitrogens is 2. The number of anilines is 4. The Morgan fingerprint density at radius 3 is 1.04 bits per heavy atom. The number of halogens is 5. The number of hydrogen-bond donors (Lipinski definition) is 8. The molecule has 0 bridgehead atoms. The number of urea groups is 4. The number of nitrogens with one attached hydrogen (secondary N) is 8. The standard InChI is InChI=1S/C28H36FN3O2.C27H35F2N3O.C26H35FN4O2S.C23H31FN4OS.8H2/c1-20(33)23-8-4-9-26(17-23)30-28(34)31-27-10-3-2-7-24(27)19-32-15-5-6-22(18-32)16-21-11-13-25(29)14-12-21;1-19-8-13-24(16-25(19)29)30-27(33)31-26-7-3-2-6-22(26)18-32-14-4-5-21(17-32)15-20-9-11-23(28)12-10-20;1-17-24(18(2)32)34-26(28-17)30-25(33)29-23-8-4-3-7-21(23)16-31-13-5-6-20(15-31)14-19-9-11-22(27)12-10-19;24-20-9-7-17(8-10-20)14-18-4-3-12-28(15-18)16-19-5-1-2-6-21(19)26-22(29)27-23-25-11-13-30-23;;;;;;;;/h4,8-9,11-14,17,22,24,27H,2-3,5-7,10,15-16,18-19H2,1H3,(H2,30,31,34);8-13,16,21-22,26H,2-7,14-15,17-18H2,1H3,(H2,30,31,33);9-12,20-21,23H,3-8,13-16H2,1-2H3,(H2,28,29,30,33);7-11,13,18-19,21H,1-6,12,14-16H2,(H2,25,26,27,29);8*1H/t22-,24+,27-;21-,22-,26+;20-,21-,23+;18-,19-,21+;;;;;;;;/m1000......../s1. The van der Waals surface area contributed by atoms with E-state index in [1.54, 1.807) is 105 Å². The lowest BCUT2D eigenvalue weighted by Crippen LogP contribution is -2.49. The van der Waals surface area contributed by atoms with E-state index in [4.69, 9.17) is 0 Å². The van der Waals surface area contributed by atoms with Crippen LogP contribution in [0.25, 0.3) is 0 Å². The molecule has 12 atom stereocenters. The second-order valence-corrected chi connectivity index (χ2v) is 40.2. The van der Waals surface area contributed by atoms with Crippen molar-refractivity contribution in [3.05, 3.63) is 224 Å². The zero-order valence-corrected chi connectivity index (χ0v) is 78.6. The van der Waals surface area contributed by atoms with Crippen LogP contribution in [-0.2, 0) is 25.7 Å². The zero-order chi connectivity index (χ0) is 92.0. The van der Waals surface area contributed by atoms with Crippen molar-refractivity contribution in [2.75, 3.05) is 99.8 Å². The van der Waals surface area contributed by atoms with Gasteiger partial charge < -0.3 is 51.5 Å². The maximum absolute atomic E-state index is 13.8. The van der Waals surface area contributed by atoms with Crippen LogP contribution in [0.4, 0.5) is 62.8 Å². The van der Waals surface area contributed by atoms with Crippen molar-refractivity contribution in [3.63, 3.8) is 0 Å².